The van der Waals surface area contributed by atoms with E-state index in [1.165, 1.54) is 16.5 Å². The molecule has 2 aromatic carbocycles. The number of hydrogen-bond donors (Lipinski definition) is 1. The summed E-state index contributed by atoms with van der Waals surface area (Å²) in [4.78, 5) is 0. The summed E-state index contributed by atoms with van der Waals surface area (Å²) in [5.74, 6) is 0.956. The number of nitrogens with one attached hydrogen (secondary N) is 1. The zero-order valence-corrected chi connectivity index (χ0v) is 14.5. The number of furan rings is 1. The maximum Gasteiger partial charge on any atom is 0.134 e. The van der Waals surface area contributed by atoms with Crippen LogP contribution < -0.4 is 5.32 Å². The molecule has 0 saturated carbocycles. The van der Waals surface area contributed by atoms with E-state index in [0.717, 1.165) is 34.1 Å². The van der Waals surface area contributed by atoms with Crippen LogP contribution in [0.2, 0.25) is 5.02 Å². The molecule has 0 aliphatic carbocycles. The van der Waals surface area contributed by atoms with Gasteiger partial charge in [0, 0.05) is 34.2 Å². The Morgan fingerprint density at radius 2 is 2.04 bits per heavy atom. The van der Waals surface area contributed by atoms with Crippen LogP contribution in [0.4, 0.5) is 0 Å². The Hall–Kier alpha value is -2.49. The second kappa shape index (κ2) is 5.51. The highest BCUT2D eigenvalue weighted by Gasteiger charge is 2.27. The summed E-state index contributed by atoms with van der Waals surface area (Å²) in [7, 11) is 0. The van der Waals surface area contributed by atoms with E-state index >= 15 is 0 Å². The van der Waals surface area contributed by atoms with Gasteiger partial charge in [0.1, 0.15) is 11.8 Å². The van der Waals surface area contributed by atoms with Gasteiger partial charge in [0.2, 0.25) is 0 Å². The fourth-order valence-corrected chi connectivity index (χ4v) is 3.93. The van der Waals surface area contributed by atoms with E-state index in [0.29, 0.717) is 0 Å². The van der Waals surface area contributed by atoms with Crippen LogP contribution in [-0.4, -0.2) is 4.57 Å². The normalized spacial score (nSPS) is 16.5. The summed E-state index contributed by atoms with van der Waals surface area (Å²) >= 11 is 6.24. The monoisotopic (exact) mass is 348 g/mol. The Kier molecular flexibility index (Phi) is 3.27. The molecule has 5 rings (SSSR count). The molecule has 0 bridgehead atoms. The van der Waals surface area contributed by atoms with Crippen LogP contribution in [-0.2, 0) is 6.54 Å². The summed E-state index contributed by atoms with van der Waals surface area (Å²) < 4.78 is 8.24. The first-order valence-electron chi connectivity index (χ1n) is 8.38. The molecule has 3 nitrogen and oxygen atoms in total. The number of rotatable bonds is 1. The van der Waals surface area contributed by atoms with E-state index < -0.39 is 0 Å². The first-order valence-corrected chi connectivity index (χ1v) is 8.76. The van der Waals surface area contributed by atoms with Crippen LogP contribution in [0.25, 0.3) is 16.5 Å². The molecular formula is C21H17ClN2O. The van der Waals surface area contributed by atoms with Gasteiger partial charge in [-0.15, -0.1) is 0 Å². The molecular weight excluding hydrogens is 332 g/mol. The molecule has 1 atom stereocenters. The molecule has 0 spiro atoms. The second-order valence-corrected chi connectivity index (χ2v) is 6.96. The van der Waals surface area contributed by atoms with Crippen molar-refractivity contribution in [2.75, 3.05) is 0 Å². The number of fused-ring (bicyclic) bond motifs is 4. The molecule has 1 aliphatic rings. The average molecular weight is 349 g/mol. The lowest BCUT2D eigenvalue weighted by Crippen LogP contribution is -2.21. The van der Waals surface area contributed by atoms with E-state index in [1.54, 1.807) is 0 Å². The molecule has 4 aromatic rings. The number of benzene rings is 2. The summed E-state index contributed by atoms with van der Waals surface area (Å²) in [5.41, 5.74) is 4.72. The Morgan fingerprint density at radius 3 is 2.96 bits per heavy atom. The minimum Gasteiger partial charge on any atom is -0.466 e. The lowest BCUT2D eigenvalue weighted by molar-refractivity contribution is 0.448. The van der Waals surface area contributed by atoms with Gasteiger partial charge in [-0.2, -0.15) is 0 Å². The fraction of sp³-hybridized carbons (Fsp3) is 0.143. The first kappa shape index (κ1) is 14.8. The highest BCUT2D eigenvalue weighted by atomic mass is 35.5. The van der Waals surface area contributed by atoms with Crippen LogP contribution >= 0.6 is 11.6 Å². The quantitative estimate of drug-likeness (QED) is 0.500. The molecule has 0 amide bonds. The van der Waals surface area contributed by atoms with E-state index in [1.807, 2.05) is 18.4 Å². The SMILES string of the molecule is Cc1cccc2c(C3NCc4ccc(Cl)cc4-n4cccc43)occ12. The van der Waals surface area contributed by atoms with Gasteiger partial charge < -0.3 is 8.98 Å². The van der Waals surface area contributed by atoms with Crippen molar-refractivity contribution in [2.24, 2.45) is 0 Å². The van der Waals surface area contributed by atoms with E-state index in [9.17, 15) is 0 Å². The van der Waals surface area contributed by atoms with Crippen molar-refractivity contribution >= 4 is 22.4 Å². The molecule has 25 heavy (non-hydrogen) atoms. The number of halogens is 1. The Bertz CT molecular complexity index is 1090. The van der Waals surface area contributed by atoms with Gasteiger partial charge in [0.15, 0.2) is 0 Å². The Morgan fingerprint density at radius 1 is 1.12 bits per heavy atom. The van der Waals surface area contributed by atoms with Gasteiger partial charge >= 0.3 is 0 Å². The van der Waals surface area contributed by atoms with Crippen LogP contribution in [0.5, 0.6) is 0 Å². The largest absolute Gasteiger partial charge is 0.466 e. The van der Waals surface area contributed by atoms with Gasteiger partial charge in [-0.3, -0.25) is 5.32 Å². The van der Waals surface area contributed by atoms with Crippen LogP contribution in [0.1, 0.15) is 28.6 Å². The summed E-state index contributed by atoms with van der Waals surface area (Å²) in [6.45, 7) is 2.87. The number of aryl methyl sites for hydroxylation is 1. The predicted octanol–water partition coefficient (Wildman–Crippen LogP) is 5.38. The maximum atomic E-state index is 6.24. The number of nitrogens with zero attached hydrogens (tertiary/aromatic N) is 1. The minimum atomic E-state index is -0.0134. The summed E-state index contributed by atoms with van der Waals surface area (Å²) in [6.07, 6.45) is 3.95. The van der Waals surface area contributed by atoms with Crippen LogP contribution in [0, 0.1) is 6.92 Å². The Balaban J connectivity index is 1.71. The predicted molar refractivity (Wildman–Crippen MR) is 100 cm³/mol. The van der Waals surface area contributed by atoms with Crippen molar-refractivity contribution < 1.29 is 4.42 Å². The second-order valence-electron chi connectivity index (χ2n) is 6.53. The topological polar surface area (TPSA) is 30.1 Å². The summed E-state index contributed by atoms with van der Waals surface area (Å²) in [5, 5.41) is 6.73. The third-order valence-corrected chi connectivity index (χ3v) is 5.27. The molecule has 0 radical (unpaired) electrons. The third kappa shape index (κ3) is 2.24. The van der Waals surface area contributed by atoms with Gasteiger partial charge in [0.05, 0.1) is 12.0 Å². The van der Waals surface area contributed by atoms with Crippen LogP contribution in [0.15, 0.2) is 65.4 Å². The van der Waals surface area contributed by atoms with Crippen molar-refractivity contribution in [1.29, 1.82) is 0 Å². The third-order valence-electron chi connectivity index (χ3n) is 5.04. The number of hydrogen-bond acceptors (Lipinski definition) is 2. The van der Waals surface area contributed by atoms with E-state index in [2.05, 4.69) is 59.4 Å². The van der Waals surface area contributed by atoms with Crippen LogP contribution in [0.3, 0.4) is 0 Å². The van der Waals surface area contributed by atoms with Gasteiger partial charge in [0.25, 0.3) is 0 Å². The van der Waals surface area contributed by atoms with Crippen molar-refractivity contribution in [3.05, 3.63) is 88.6 Å². The Labute approximate surface area is 150 Å². The van der Waals surface area contributed by atoms with Crippen molar-refractivity contribution in [3.63, 3.8) is 0 Å². The van der Waals surface area contributed by atoms with E-state index in [-0.39, 0.29) is 6.04 Å². The van der Waals surface area contributed by atoms with Crippen molar-refractivity contribution in [3.8, 4) is 5.69 Å². The molecule has 0 saturated heterocycles. The molecule has 0 fully saturated rings. The van der Waals surface area contributed by atoms with Gasteiger partial charge in [-0.1, -0.05) is 35.9 Å². The molecule has 4 heteroatoms. The average Bonchev–Trinajstić information content (AvgIpc) is 3.22. The standard InChI is InChI=1S/C21H17ClN2O/c1-13-4-2-5-16-17(13)12-25-21(16)20-18-6-3-9-24(18)19-10-15(22)8-7-14(19)11-23-20/h2-10,12,20,23H,11H2,1H3. The summed E-state index contributed by atoms with van der Waals surface area (Å²) in [6, 6.07) is 16.6. The smallest absolute Gasteiger partial charge is 0.134 e. The lowest BCUT2D eigenvalue weighted by atomic mass is 10.0. The molecule has 1 aliphatic heterocycles. The maximum absolute atomic E-state index is 6.24. The highest BCUT2D eigenvalue weighted by molar-refractivity contribution is 6.30. The molecule has 1 unspecified atom stereocenters. The first-order chi connectivity index (χ1) is 12.2. The van der Waals surface area contributed by atoms with Crippen molar-refractivity contribution in [1.82, 2.24) is 9.88 Å². The van der Waals surface area contributed by atoms with E-state index in [4.69, 9.17) is 16.0 Å². The number of aromatic nitrogens is 1. The van der Waals surface area contributed by atoms with Gasteiger partial charge in [-0.25, -0.2) is 0 Å². The molecule has 1 N–H and O–H groups in total. The lowest BCUT2D eigenvalue weighted by Gasteiger charge is -2.16. The molecule has 3 heterocycles. The minimum absolute atomic E-state index is 0.0134. The zero-order valence-electron chi connectivity index (χ0n) is 13.8. The fourth-order valence-electron chi connectivity index (χ4n) is 3.76. The molecule has 124 valence electrons. The van der Waals surface area contributed by atoms with Gasteiger partial charge in [-0.05, 0) is 42.3 Å². The molecule has 2 aromatic heterocycles. The highest BCUT2D eigenvalue weighted by Crippen LogP contribution is 2.36. The van der Waals surface area contributed by atoms with Crippen molar-refractivity contribution in [2.45, 2.75) is 19.5 Å². The zero-order chi connectivity index (χ0) is 17.0.